The number of hydrogen-bond donors (Lipinski definition) is 14. The Kier molecular flexibility index (Phi) is 17.3. The van der Waals surface area contributed by atoms with Gasteiger partial charge in [0.2, 0.25) is 0 Å². The van der Waals surface area contributed by atoms with Crippen molar-refractivity contribution in [1.82, 2.24) is 78.1 Å². The summed E-state index contributed by atoms with van der Waals surface area (Å²) >= 11 is 0. The number of phosphoric ester groups is 3. The van der Waals surface area contributed by atoms with E-state index in [1.807, 2.05) is 0 Å². The minimum Gasteiger partial charge on any atom is -0.387 e. The van der Waals surface area contributed by atoms with E-state index in [0.29, 0.717) is 0 Å². The molecule has 8 aromatic rings. The number of rotatable bonds is 23. The number of nitrogens with zero attached hydrogens (tertiary/aromatic N) is 16. The van der Waals surface area contributed by atoms with Gasteiger partial charge in [0, 0.05) is 0 Å². The van der Waals surface area contributed by atoms with E-state index in [0.717, 1.165) is 53.4 Å². The van der Waals surface area contributed by atoms with Gasteiger partial charge in [0.25, 0.3) is 0 Å². The third kappa shape index (κ3) is 12.5. The average Bonchev–Trinajstić information content (AvgIpc) is 1.66. The lowest BCUT2D eigenvalue weighted by Crippen LogP contribution is -2.37. The number of aliphatic hydroxyl groups is 5. The lowest BCUT2D eigenvalue weighted by atomic mass is 10.1. The highest BCUT2D eigenvalue weighted by Crippen LogP contribution is 2.53. The zero-order valence-corrected chi connectivity index (χ0v) is 48.8. The summed E-state index contributed by atoms with van der Waals surface area (Å²) in [7, 11) is -21.2. The normalized spacial score (nSPS) is 31.1. The Morgan fingerprint density at radius 1 is 0.400 bits per heavy atom. The van der Waals surface area contributed by atoms with Crippen LogP contribution in [-0.4, -0.2) is 234 Å². The summed E-state index contributed by atoms with van der Waals surface area (Å²) in [6.45, 7) is -3.93. The van der Waals surface area contributed by atoms with Crippen LogP contribution in [0.3, 0.4) is 0 Å². The smallest absolute Gasteiger partial charge is 0.387 e. The maximum atomic E-state index is 13.9. The van der Waals surface area contributed by atoms with Crippen molar-refractivity contribution >= 4 is 99.0 Å². The molecule has 0 aliphatic carbocycles. The number of anilines is 4. The van der Waals surface area contributed by atoms with Crippen molar-refractivity contribution < 1.29 is 119 Å². The highest BCUT2D eigenvalue weighted by molar-refractivity contribution is 7.52. The lowest BCUT2D eigenvalue weighted by molar-refractivity contribution is -0.0690. The Balaban J connectivity index is 0.730. The summed E-state index contributed by atoms with van der Waals surface area (Å²) in [5, 5.41) is 56.7. The minimum atomic E-state index is -5.48. The number of ether oxygens (including phenoxy) is 5. The molecule has 0 saturated carbocycles. The quantitative estimate of drug-likeness (QED) is 0.0270. The average molecular weight is 1350 g/mol. The fourth-order valence-electron chi connectivity index (χ4n) is 10.3. The van der Waals surface area contributed by atoms with Crippen molar-refractivity contribution in [2.45, 2.75) is 98.2 Å². The molecule has 486 valence electrons. The Morgan fingerprint density at radius 2 is 0.711 bits per heavy atom. The molecule has 4 saturated heterocycles. The van der Waals surface area contributed by atoms with E-state index in [2.05, 4.69) is 64.3 Å². The van der Waals surface area contributed by atoms with Crippen molar-refractivity contribution in [2.24, 2.45) is 0 Å². The van der Waals surface area contributed by atoms with Crippen LogP contribution in [0.4, 0.5) is 23.3 Å². The Bertz CT molecular complexity index is 4170. The second-order valence-corrected chi connectivity index (χ2v) is 26.0. The van der Waals surface area contributed by atoms with Crippen LogP contribution in [0, 0.1) is 0 Å². The first-order valence-corrected chi connectivity index (χ1v) is 32.3. The van der Waals surface area contributed by atoms with Crippen molar-refractivity contribution in [3.8, 4) is 0 Å². The van der Waals surface area contributed by atoms with Crippen LogP contribution in [0.5, 0.6) is 0 Å². The Hall–Kier alpha value is -6.52. The summed E-state index contributed by atoms with van der Waals surface area (Å²) in [5.74, 6) is -0.306. The van der Waals surface area contributed by atoms with Crippen LogP contribution in [0.15, 0.2) is 50.6 Å². The van der Waals surface area contributed by atoms with E-state index in [1.165, 1.54) is 15.5 Å². The van der Waals surface area contributed by atoms with Crippen molar-refractivity contribution in [3.05, 3.63) is 50.6 Å². The molecule has 18 N–H and O–H groups in total. The molecule has 90 heavy (non-hydrogen) atoms. The van der Waals surface area contributed by atoms with E-state index in [4.69, 9.17) is 69.2 Å². The van der Waals surface area contributed by atoms with Crippen LogP contribution in [0.1, 0.15) is 24.9 Å². The van der Waals surface area contributed by atoms with E-state index in [-0.39, 0.29) is 67.9 Å². The first-order valence-electron chi connectivity index (χ1n) is 26.0. The number of nitrogen functional groups attached to an aromatic ring is 4. The van der Waals surface area contributed by atoms with Crippen LogP contribution in [0.2, 0.25) is 0 Å². The molecule has 4 aliphatic heterocycles. The highest BCUT2D eigenvalue weighted by atomic mass is 31.2. The molecule has 45 nitrogen and oxygen atoms in total. The summed E-state index contributed by atoms with van der Waals surface area (Å²) in [4.78, 5) is 101. The molecular weight excluding hydrogens is 1300 g/mol. The fraction of sp³-hybridized carbons (Fsp3) is 0.512. The standard InChI is InChI=1S/C41H52N20O25P4/c42-30-18-34(50-5-46-30)58(9-54-18)38-26(66)22(62)14(81-38)3-79-89(72,73)85-28-24(64)15(83-40(28)60-11-56-20-32(44)48-7-52-36(20)60)1-77-87(67,68)13-76-27-23(63)17(82-39(27)59-10-55-19-31(43)47-6-51-35(19)59)4-80-90(74,75)86-29-25(65)16(2-78-88(69,70)71)84-41(29)61-12-57-21-33(45)49-8-53-37(21)61/h5-12,14-17,22-29,38-41,62-66H,1-4,13H2,(H,67,68)(H,72,73)(H,74,75)(H2,42,46,50)(H2,43,47,51)(H2,44,48,52)(H2,45,49,53)(H2,69,70,71)/t14-,15-,16-,17-,22-,23-,24-,25-,26-,27+,28-,29-,38-,39-,40-,41-/m1/s1. The fourth-order valence-corrected chi connectivity index (χ4v) is 13.3. The Labute approximate surface area is 499 Å². The monoisotopic (exact) mass is 1350 g/mol. The zero-order chi connectivity index (χ0) is 63.9. The number of hydrogen-bond acceptors (Lipinski definition) is 36. The molecule has 0 radical (unpaired) electrons. The molecule has 4 fully saturated rings. The third-order valence-electron chi connectivity index (χ3n) is 14.5. The minimum absolute atomic E-state index is 0.00836. The van der Waals surface area contributed by atoms with Gasteiger partial charge in [-0.2, -0.15) is 0 Å². The molecule has 49 heteroatoms. The maximum Gasteiger partial charge on any atom is 0.472 e. The van der Waals surface area contributed by atoms with Crippen molar-refractivity contribution in [1.29, 1.82) is 0 Å². The van der Waals surface area contributed by atoms with Crippen molar-refractivity contribution in [2.75, 3.05) is 55.7 Å². The van der Waals surface area contributed by atoms with Gasteiger partial charge in [0.1, 0.15) is 127 Å². The predicted octanol–water partition coefficient (Wildman–Crippen LogP) is -4.27. The van der Waals surface area contributed by atoms with Crippen LogP contribution in [0.25, 0.3) is 44.7 Å². The maximum absolute atomic E-state index is 13.9. The second kappa shape index (κ2) is 24.5. The van der Waals surface area contributed by atoms with Crippen LogP contribution in [-0.2, 0) is 69.1 Å². The number of aromatic nitrogens is 16. The number of fused-ring (bicyclic) bond motifs is 4. The summed E-state index contributed by atoms with van der Waals surface area (Å²) in [5.41, 5.74) is 24.1. The van der Waals surface area contributed by atoms with Crippen LogP contribution < -0.4 is 22.9 Å². The van der Waals surface area contributed by atoms with Gasteiger partial charge in [-0.05, 0) is 0 Å². The van der Waals surface area contributed by atoms with Gasteiger partial charge in [-0.3, -0.25) is 45.5 Å². The molecule has 12 rings (SSSR count). The predicted molar refractivity (Wildman–Crippen MR) is 289 cm³/mol. The molecule has 12 heterocycles. The van der Waals surface area contributed by atoms with Gasteiger partial charge < -0.3 is 101 Å². The number of imidazole rings is 4. The first-order chi connectivity index (χ1) is 42.7. The number of aliphatic hydroxyl groups excluding tert-OH is 5. The van der Waals surface area contributed by atoms with Gasteiger partial charge in [-0.1, -0.05) is 0 Å². The second-order valence-electron chi connectivity index (χ2n) is 20.2. The zero-order valence-electron chi connectivity index (χ0n) is 45.2. The lowest BCUT2D eigenvalue weighted by Gasteiger charge is -2.25. The van der Waals surface area contributed by atoms with E-state index in [9.17, 15) is 68.3 Å². The van der Waals surface area contributed by atoms with Gasteiger partial charge >= 0.3 is 31.1 Å². The van der Waals surface area contributed by atoms with E-state index in [1.54, 1.807) is 0 Å². The highest BCUT2D eigenvalue weighted by Gasteiger charge is 2.54. The summed E-state index contributed by atoms with van der Waals surface area (Å²) in [6.07, 6.45) is -20.3. The number of phosphoric acid groups is 3. The summed E-state index contributed by atoms with van der Waals surface area (Å²) in [6, 6.07) is 0. The number of nitrogens with two attached hydrogens (primary N) is 4. The SMILES string of the molecule is Nc1ncnc2c1ncn2[C@@H]1O[C@H](COP(=O)(O)O[C@@H]2[C@H](O)[C@@H](COP(=O)(O)CO[C@H]3[C@H](O)[C@@H](COP(=O)(O)O[C@@H]4[C@H](O)[C@@H](COP(=O)(O)O)O[C@H]4n4cnc5c(N)ncnc54)O[C@H]3n3cnc4c(N)ncnc43)O[C@H]2n2cnc3c(N)ncnc32)[C@@H](O)[C@H]1O. The molecule has 0 bridgehead atoms. The van der Waals surface area contributed by atoms with Gasteiger partial charge in [0.15, 0.2) is 70.8 Å². The molecule has 8 aromatic heterocycles. The Morgan fingerprint density at radius 3 is 1.09 bits per heavy atom. The van der Waals surface area contributed by atoms with Gasteiger partial charge in [-0.25, -0.2) is 73.5 Å². The molecular formula is C41H52N20O25P4. The molecule has 19 atom stereocenters. The van der Waals surface area contributed by atoms with Gasteiger partial charge in [-0.15, -0.1) is 0 Å². The molecule has 0 aromatic carbocycles. The van der Waals surface area contributed by atoms with Crippen LogP contribution >= 0.6 is 31.1 Å². The first kappa shape index (κ1) is 63.6. The molecule has 4 aliphatic rings. The largest absolute Gasteiger partial charge is 0.472 e. The summed E-state index contributed by atoms with van der Waals surface area (Å²) < 4.78 is 119. The third-order valence-corrected chi connectivity index (χ3v) is 18.0. The van der Waals surface area contributed by atoms with Gasteiger partial charge in [0.05, 0.1) is 51.7 Å². The van der Waals surface area contributed by atoms with E-state index >= 15 is 0 Å². The molecule has 0 spiro atoms. The molecule has 3 unspecified atom stereocenters. The van der Waals surface area contributed by atoms with Crippen molar-refractivity contribution in [3.63, 3.8) is 0 Å². The van der Waals surface area contributed by atoms with E-state index < -0.39 is 162 Å². The molecule has 0 amide bonds. The topological polar surface area (TPSA) is 651 Å².